The standard InChI is InChI=1S/C7H16N2O/c1-2-10-7-5-9-4-3-6(7)8/h6-7,9H,2-5,8H2,1H3/t6-,7+/m1/s1. The lowest BCUT2D eigenvalue weighted by Gasteiger charge is -2.28. The van der Waals surface area contributed by atoms with E-state index < -0.39 is 0 Å². The highest BCUT2D eigenvalue weighted by atomic mass is 16.5. The van der Waals surface area contributed by atoms with Crippen molar-refractivity contribution in [3.05, 3.63) is 0 Å². The van der Waals surface area contributed by atoms with Crippen LogP contribution in [0.3, 0.4) is 0 Å². The first kappa shape index (κ1) is 7.98. The monoisotopic (exact) mass is 144 g/mol. The Morgan fingerprint density at radius 3 is 3.10 bits per heavy atom. The van der Waals surface area contributed by atoms with Crippen LogP contribution in [0.15, 0.2) is 0 Å². The fourth-order valence-electron chi connectivity index (χ4n) is 1.25. The van der Waals surface area contributed by atoms with Crippen LogP contribution in [0.1, 0.15) is 13.3 Å². The highest BCUT2D eigenvalue weighted by Gasteiger charge is 2.20. The summed E-state index contributed by atoms with van der Waals surface area (Å²) in [6.45, 7) is 4.71. The van der Waals surface area contributed by atoms with E-state index in [-0.39, 0.29) is 12.1 Å². The first-order valence-electron chi connectivity index (χ1n) is 3.92. The lowest BCUT2D eigenvalue weighted by atomic mass is 10.1. The van der Waals surface area contributed by atoms with Gasteiger partial charge in [0.25, 0.3) is 0 Å². The Bertz CT molecular complexity index is 95.6. The molecular formula is C7H16N2O. The molecule has 2 atom stereocenters. The molecule has 3 N–H and O–H groups in total. The van der Waals surface area contributed by atoms with Crippen LogP contribution in [0.5, 0.6) is 0 Å². The Labute approximate surface area is 61.9 Å². The molecule has 1 rings (SSSR count). The van der Waals surface area contributed by atoms with Crippen molar-refractivity contribution in [1.29, 1.82) is 0 Å². The summed E-state index contributed by atoms with van der Waals surface area (Å²) in [6, 6.07) is 0.237. The molecule has 3 heteroatoms. The van der Waals surface area contributed by atoms with Crippen molar-refractivity contribution in [2.45, 2.75) is 25.5 Å². The molecule has 3 nitrogen and oxygen atoms in total. The zero-order valence-corrected chi connectivity index (χ0v) is 6.47. The molecule has 0 saturated carbocycles. The molecule has 1 aliphatic heterocycles. The third-order valence-corrected chi connectivity index (χ3v) is 1.86. The van der Waals surface area contributed by atoms with Gasteiger partial charge in [0.15, 0.2) is 0 Å². The minimum atomic E-state index is 0.235. The van der Waals surface area contributed by atoms with Crippen LogP contribution >= 0.6 is 0 Å². The van der Waals surface area contributed by atoms with Gasteiger partial charge in [-0.3, -0.25) is 0 Å². The molecule has 0 aromatic rings. The van der Waals surface area contributed by atoms with E-state index in [0.717, 1.165) is 26.1 Å². The smallest absolute Gasteiger partial charge is 0.0850 e. The second-order valence-corrected chi connectivity index (χ2v) is 2.65. The highest BCUT2D eigenvalue weighted by Crippen LogP contribution is 2.04. The summed E-state index contributed by atoms with van der Waals surface area (Å²) in [4.78, 5) is 0. The van der Waals surface area contributed by atoms with Crippen molar-refractivity contribution in [3.63, 3.8) is 0 Å². The SMILES string of the molecule is CCO[C@H]1CNCC[C@H]1N. The van der Waals surface area contributed by atoms with Crippen LogP contribution in [-0.4, -0.2) is 31.8 Å². The molecule has 60 valence electrons. The van der Waals surface area contributed by atoms with Crippen LogP contribution in [0, 0.1) is 0 Å². The molecule has 0 radical (unpaired) electrons. The summed E-state index contributed by atoms with van der Waals surface area (Å²) in [5.74, 6) is 0. The molecule has 0 spiro atoms. The molecule has 1 heterocycles. The van der Waals surface area contributed by atoms with Gasteiger partial charge in [0, 0.05) is 19.2 Å². The molecule has 1 saturated heterocycles. The maximum absolute atomic E-state index is 5.80. The number of nitrogens with one attached hydrogen (secondary N) is 1. The van der Waals surface area contributed by atoms with Crippen LogP contribution in [0.2, 0.25) is 0 Å². The van der Waals surface area contributed by atoms with Gasteiger partial charge in [0.05, 0.1) is 6.10 Å². The van der Waals surface area contributed by atoms with Crippen LogP contribution in [0.25, 0.3) is 0 Å². The van der Waals surface area contributed by atoms with Crippen LogP contribution in [0.4, 0.5) is 0 Å². The predicted molar refractivity (Wildman–Crippen MR) is 40.9 cm³/mol. The predicted octanol–water partition coefficient (Wildman–Crippen LogP) is -0.288. The molecule has 0 amide bonds. The number of piperidine rings is 1. The minimum Gasteiger partial charge on any atom is -0.376 e. The van der Waals surface area contributed by atoms with E-state index in [0.29, 0.717) is 0 Å². The second-order valence-electron chi connectivity index (χ2n) is 2.65. The summed E-state index contributed by atoms with van der Waals surface area (Å²) < 4.78 is 5.41. The Hall–Kier alpha value is -0.120. The maximum atomic E-state index is 5.80. The average molecular weight is 144 g/mol. The Kier molecular flexibility index (Phi) is 3.12. The average Bonchev–Trinajstić information content (AvgIpc) is 1.94. The quantitative estimate of drug-likeness (QED) is 0.560. The van der Waals surface area contributed by atoms with E-state index >= 15 is 0 Å². The highest BCUT2D eigenvalue weighted by molar-refractivity contribution is 4.80. The van der Waals surface area contributed by atoms with Gasteiger partial charge in [-0.25, -0.2) is 0 Å². The third-order valence-electron chi connectivity index (χ3n) is 1.86. The third kappa shape index (κ3) is 1.94. The maximum Gasteiger partial charge on any atom is 0.0850 e. The van der Waals surface area contributed by atoms with Crippen LogP contribution in [-0.2, 0) is 4.74 Å². The first-order chi connectivity index (χ1) is 4.84. The fraction of sp³-hybridized carbons (Fsp3) is 1.00. The van der Waals surface area contributed by atoms with Gasteiger partial charge in [-0.1, -0.05) is 0 Å². The number of hydrogen-bond donors (Lipinski definition) is 2. The van der Waals surface area contributed by atoms with E-state index in [1.165, 1.54) is 0 Å². The Balaban J connectivity index is 2.25. The van der Waals surface area contributed by atoms with Crippen molar-refractivity contribution in [2.24, 2.45) is 5.73 Å². The van der Waals surface area contributed by atoms with Gasteiger partial charge in [0.2, 0.25) is 0 Å². The van der Waals surface area contributed by atoms with E-state index in [4.69, 9.17) is 10.5 Å². The lowest BCUT2D eigenvalue weighted by molar-refractivity contribution is 0.0319. The summed E-state index contributed by atoms with van der Waals surface area (Å²) in [5, 5.41) is 3.25. The van der Waals surface area contributed by atoms with Crippen molar-refractivity contribution in [3.8, 4) is 0 Å². The van der Waals surface area contributed by atoms with Gasteiger partial charge in [0.1, 0.15) is 0 Å². The normalized spacial score (nSPS) is 34.2. The number of hydrogen-bond acceptors (Lipinski definition) is 3. The first-order valence-corrected chi connectivity index (χ1v) is 3.92. The van der Waals surface area contributed by atoms with E-state index in [9.17, 15) is 0 Å². The topological polar surface area (TPSA) is 47.3 Å². The summed E-state index contributed by atoms with van der Waals surface area (Å²) >= 11 is 0. The van der Waals surface area contributed by atoms with Gasteiger partial charge in [-0.05, 0) is 19.9 Å². The zero-order valence-electron chi connectivity index (χ0n) is 6.47. The molecule has 0 aliphatic carbocycles. The largest absolute Gasteiger partial charge is 0.376 e. The van der Waals surface area contributed by atoms with Gasteiger partial charge >= 0.3 is 0 Å². The molecule has 0 unspecified atom stereocenters. The molecule has 10 heavy (non-hydrogen) atoms. The Morgan fingerprint density at radius 2 is 2.50 bits per heavy atom. The summed E-state index contributed by atoms with van der Waals surface area (Å²) in [6.07, 6.45) is 1.27. The van der Waals surface area contributed by atoms with Crippen molar-refractivity contribution < 1.29 is 4.74 Å². The minimum absolute atomic E-state index is 0.235. The molecule has 0 aromatic heterocycles. The van der Waals surface area contributed by atoms with E-state index in [1.807, 2.05) is 6.92 Å². The molecular weight excluding hydrogens is 128 g/mol. The number of ether oxygens (including phenoxy) is 1. The van der Waals surface area contributed by atoms with Gasteiger partial charge < -0.3 is 15.8 Å². The Morgan fingerprint density at radius 1 is 1.70 bits per heavy atom. The molecule has 1 fully saturated rings. The number of rotatable bonds is 2. The van der Waals surface area contributed by atoms with E-state index in [2.05, 4.69) is 5.32 Å². The van der Waals surface area contributed by atoms with E-state index in [1.54, 1.807) is 0 Å². The van der Waals surface area contributed by atoms with Gasteiger partial charge in [-0.2, -0.15) is 0 Å². The lowest BCUT2D eigenvalue weighted by Crippen LogP contribution is -2.49. The number of nitrogens with two attached hydrogens (primary N) is 1. The van der Waals surface area contributed by atoms with Gasteiger partial charge in [-0.15, -0.1) is 0 Å². The zero-order chi connectivity index (χ0) is 7.40. The fourth-order valence-corrected chi connectivity index (χ4v) is 1.25. The van der Waals surface area contributed by atoms with Crippen molar-refractivity contribution >= 4 is 0 Å². The second kappa shape index (κ2) is 3.91. The van der Waals surface area contributed by atoms with Crippen molar-refractivity contribution in [2.75, 3.05) is 19.7 Å². The molecule has 1 aliphatic rings. The molecule has 0 bridgehead atoms. The molecule has 0 aromatic carbocycles. The summed E-state index contributed by atoms with van der Waals surface area (Å²) in [7, 11) is 0. The van der Waals surface area contributed by atoms with Crippen molar-refractivity contribution in [1.82, 2.24) is 5.32 Å². The van der Waals surface area contributed by atoms with Crippen LogP contribution < -0.4 is 11.1 Å². The summed E-state index contributed by atoms with van der Waals surface area (Å²) in [5.41, 5.74) is 5.80.